The predicted octanol–water partition coefficient (Wildman–Crippen LogP) is 8.33. The molecule has 6 aliphatic rings. The first-order chi connectivity index (χ1) is 23.7. The van der Waals surface area contributed by atoms with Crippen molar-refractivity contribution in [3.05, 3.63) is 41.2 Å². The number of ketones is 2. The molecule has 0 bridgehead atoms. The van der Waals surface area contributed by atoms with Crippen LogP contribution < -0.4 is 5.32 Å². The third-order valence-corrected chi connectivity index (χ3v) is 16.1. The molecular weight excluding hydrogens is 624 g/mol. The molecule has 0 aromatic carbocycles. The maximum Gasteiger partial charge on any atom is 0.306 e. The Balaban J connectivity index is 1.07. The van der Waals surface area contributed by atoms with Gasteiger partial charge in [0.1, 0.15) is 5.78 Å². The third kappa shape index (κ3) is 5.62. The summed E-state index contributed by atoms with van der Waals surface area (Å²) in [4.78, 5) is 55.9. The highest BCUT2D eigenvalue weighted by molar-refractivity contribution is 6.00. The molecule has 6 aliphatic carbocycles. The van der Waals surface area contributed by atoms with E-state index in [0.29, 0.717) is 78.4 Å². The van der Waals surface area contributed by atoms with Gasteiger partial charge in [-0.3, -0.25) is 24.2 Å². The van der Waals surface area contributed by atoms with Gasteiger partial charge in [0.25, 0.3) is 5.91 Å². The van der Waals surface area contributed by atoms with E-state index < -0.39 is 5.97 Å². The second kappa shape index (κ2) is 13.0. The van der Waals surface area contributed by atoms with E-state index in [1.165, 1.54) is 37.7 Å². The molecule has 1 amide bonds. The van der Waals surface area contributed by atoms with Crippen LogP contribution in [0.2, 0.25) is 0 Å². The molecule has 272 valence electrons. The molecule has 50 heavy (non-hydrogen) atoms. The minimum Gasteiger partial charge on any atom is -0.481 e. The lowest BCUT2D eigenvalue weighted by Gasteiger charge is -2.65. The number of allylic oxidation sites excluding steroid dienone is 2. The highest BCUT2D eigenvalue weighted by Crippen LogP contribution is 2.70. The molecule has 2 N–H and O–H groups in total. The van der Waals surface area contributed by atoms with Crippen LogP contribution >= 0.6 is 0 Å². The first-order valence-corrected chi connectivity index (χ1v) is 19.9. The molecule has 1 aromatic heterocycles. The average Bonchev–Trinajstić information content (AvgIpc) is 3.37. The van der Waals surface area contributed by atoms with Crippen LogP contribution in [0.1, 0.15) is 129 Å². The molecule has 7 heteroatoms. The molecule has 7 nitrogen and oxygen atoms in total. The Morgan fingerprint density at radius 1 is 1.00 bits per heavy atom. The summed E-state index contributed by atoms with van der Waals surface area (Å²) in [6, 6.07) is 3.58. The number of amides is 1. The summed E-state index contributed by atoms with van der Waals surface area (Å²) in [5, 5.41) is 12.6. The first kappa shape index (κ1) is 35.6. The monoisotopic (exact) mass is 684 g/mol. The van der Waals surface area contributed by atoms with Gasteiger partial charge in [0.2, 0.25) is 0 Å². The van der Waals surface area contributed by atoms with Crippen LogP contribution in [-0.4, -0.2) is 40.1 Å². The Labute approximate surface area is 299 Å². The van der Waals surface area contributed by atoms with Crippen molar-refractivity contribution in [1.82, 2.24) is 10.3 Å². The fourth-order valence-corrected chi connectivity index (χ4v) is 13.5. The van der Waals surface area contributed by atoms with Gasteiger partial charge in [-0.2, -0.15) is 0 Å². The highest BCUT2D eigenvalue weighted by Gasteiger charge is 2.63. The number of carboxylic acid groups (broad SMARTS) is 1. The molecule has 1 heterocycles. The summed E-state index contributed by atoms with van der Waals surface area (Å²) >= 11 is 0. The van der Waals surface area contributed by atoms with Crippen molar-refractivity contribution >= 4 is 23.4 Å². The van der Waals surface area contributed by atoms with Crippen LogP contribution in [0.25, 0.3) is 0 Å². The molecule has 1 aromatic rings. The zero-order valence-corrected chi connectivity index (χ0v) is 31.3. The van der Waals surface area contributed by atoms with Gasteiger partial charge in [-0.25, -0.2) is 0 Å². The van der Waals surface area contributed by atoms with Gasteiger partial charge >= 0.3 is 5.97 Å². The maximum absolute atomic E-state index is 13.8. The molecule has 11 unspecified atom stereocenters. The number of aliphatic carboxylic acids is 1. The van der Waals surface area contributed by atoms with Gasteiger partial charge in [-0.15, -0.1) is 0 Å². The van der Waals surface area contributed by atoms with Crippen molar-refractivity contribution in [3.63, 3.8) is 0 Å². The van der Waals surface area contributed by atoms with E-state index in [9.17, 15) is 24.3 Å². The Kier molecular flexibility index (Phi) is 9.24. The van der Waals surface area contributed by atoms with E-state index in [-0.39, 0.29) is 45.8 Å². The van der Waals surface area contributed by atoms with Gasteiger partial charge in [0, 0.05) is 43.1 Å². The van der Waals surface area contributed by atoms with Gasteiger partial charge in [0.15, 0.2) is 5.78 Å². The number of nitrogens with zero attached hydrogens (tertiary/aromatic N) is 1. The Bertz CT molecular complexity index is 1560. The van der Waals surface area contributed by atoms with E-state index in [2.05, 4.69) is 44.9 Å². The summed E-state index contributed by atoms with van der Waals surface area (Å²) in [5.41, 5.74) is 3.34. The van der Waals surface area contributed by atoms with Gasteiger partial charge in [-0.1, -0.05) is 47.1 Å². The standard InChI is InChI=1S/C43H60N2O5/c1-24(2)37-35(47)22-43(17-19-45-39(48)26-8-7-18-44-23-26)16-14-28-29-10-12-36-41(4,5)27(20-34(46)31-21-32(25(31)3)40(49)50)13-15-42(36,6)33(29)11-9-30(28)38(37)43/h7-8,18,23-25,27-33,36H,9-17,19-22H2,1-6H3,(H,45,48)(H,49,50). The van der Waals surface area contributed by atoms with Gasteiger partial charge in [-0.05, 0) is 140 Å². The van der Waals surface area contributed by atoms with Crippen molar-refractivity contribution in [2.24, 2.45) is 75.4 Å². The Hall–Kier alpha value is -2.83. The zero-order valence-electron chi connectivity index (χ0n) is 31.3. The minimum absolute atomic E-state index is 0.0519. The number of carbonyl (C=O) groups excluding carboxylic acids is 3. The number of aromatic nitrogens is 1. The molecule has 5 saturated carbocycles. The van der Waals surface area contributed by atoms with E-state index >= 15 is 0 Å². The molecular formula is C43H60N2O5. The maximum atomic E-state index is 13.8. The molecule has 0 radical (unpaired) electrons. The number of fused-ring (bicyclic) bond motifs is 7. The lowest BCUT2D eigenvalue weighted by atomic mass is 9.39. The number of hydrogen-bond acceptors (Lipinski definition) is 5. The molecule has 7 rings (SSSR count). The smallest absolute Gasteiger partial charge is 0.306 e. The lowest BCUT2D eigenvalue weighted by Crippen LogP contribution is -2.58. The molecule has 11 atom stereocenters. The van der Waals surface area contributed by atoms with Crippen molar-refractivity contribution in [2.75, 3.05) is 6.54 Å². The molecule has 5 fully saturated rings. The summed E-state index contributed by atoms with van der Waals surface area (Å²) < 4.78 is 0. The summed E-state index contributed by atoms with van der Waals surface area (Å²) in [6.45, 7) is 14.4. The predicted molar refractivity (Wildman–Crippen MR) is 193 cm³/mol. The molecule has 0 spiro atoms. The fraction of sp³-hybridized carbons (Fsp3) is 0.744. The van der Waals surface area contributed by atoms with Crippen molar-refractivity contribution in [2.45, 2.75) is 119 Å². The second-order valence-corrected chi connectivity index (χ2v) is 18.8. The van der Waals surface area contributed by atoms with E-state index in [1.807, 2.05) is 6.92 Å². The summed E-state index contributed by atoms with van der Waals surface area (Å²) in [7, 11) is 0. The van der Waals surface area contributed by atoms with Crippen molar-refractivity contribution in [3.8, 4) is 0 Å². The number of carboxylic acids is 1. The van der Waals surface area contributed by atoms with Crippen LogP contribution in [0, 0.1) is 75.4 Å². The number of rotatable bonds is 9. The molecule has 0 aliphatic heterocycles. The Morgan fingerprint density at radius 2 is 1.78 bits per heavy atom. The van der Waals surface area contributed by atoms with E-state index in [4.69, 9.17) is 0 Å². The lowest BCUT2D eigenvalue weighted by molar-refractivity contribution is -0.162. The topological polar surface area (TPSA) is 113 Å². The summed E-state index contributed by atoms with van der Waals surface area (Å²) in [6.07, 6.45) is 15.1. The number of carbonyl (C=O) groups is 4. The van der Waals surface area contributed by atoms with Gasteiger partial charge in [0.05, 0.1) is 11.5 Å². The zero-order chi connectivity index (χ0) is 35.7. The highest BCUT2D eigenvalue weighted by atomic mass is 16.4. The average molecular weight is 685 g/mol. The van der Waals surface area contributed by atoms with E-state index in [1.54, 1.807) is 24.5 Å². The van der Waals surface area contributed by atoms with Crippen LogP contribution in [0.15, 0.2) is 35.7 Å². The van der Waals surface area contributed by atoms with E-state index in [0.717, 1.165) is 31.3 Å². The largest absolute Gasteiger partial charge is 0.481 e. The second-order valence-electron chi connectivity index (χ2n) is 18.8. The normalized spacial score (nSPS) is 40.2. The number of hydrogen-bond donors (Lipinski definition) is 2. The van der Waals surface area contributed by atoms with Crippen LogP contribution in [-0.2, 0) is 14.4 Å². The van der Waals surface area contributed by atoms with Crippen LogP contribution in [0.5, 0.6) is 0 Å². The fourth-order valence-electron chi connectivity index (χ4n) is 13.5. The number of nitrogens with one attached hydrogen (secondary N) is 1. The quantitative estimate of drug-likeness (QED) is 0.270. The number of pyridine rings is 1. The molecule has 0 saturated heterocycles. The first-order valence-electron chi connectivity index (χ1n) is 19.9. The van der Waals surface area contributed by atoms with Crippen molar-refractivity contribution in [1.29, 1.82) is 0 Å². The minimum atomic E-state index is -0.757. The van der Waals surface area contributed by atoms with Crippen LogP contribution in [0.4, 0.5) is 0 Å². The Morgan fingerprint density at radius 3 is 2.46 bits per heavy atom. The SMILES string of the molecule is CC(C)C1=C2C3CCC4C(CCC5C(C)(C)C(CC(=O)C6CC(C(=O)O)C6C)CCC45C)C3CCC2(CCNC(=O)c2cccnc2)CC1=O. The van der Waals surface area contributed by atoms with Crippen molar-refractivity contribution < 1.29 is 24.3 Å². The van der Waals surface area contributed by atoms with Gasteiger partial charge < -0.3 is 10.4 Å². The summed E-state index contributed by atoms with van der Waals surface area (Å²) in [5.74, 6) is 2.85. The van der Waals surface area contributed by atoms with Crippen LogP contribution in [0.3, 0.4) is 0 Å². The number of Topliss-reactive ketones (excluding diaryl/α,β-unsaturated/α-hetero) is 2. The third-order valence-electron chi connectivity index (χ3n) is 16.1.